The van der Waals surface area contributed by atoms with Crippen molar-refractivity contribution < 1.29 is 24.6 Å². The second-order valence-corrected chi connectivity index (χ2v) is 11.3. The van der Waals surface area contributed by atoms with Crippen molar-refractivity contribution in [1.82, 2.24) is 10.1 Å². The second-order valence-electron chi connectivity index (χ2n) is 11.3. The van der Waals surface area contributed by atoms with Gasteiger partial charge in [0.1, 0.15) is 0 Å². The Morgan fingerprint density at radius 2 is 0.862 bits per heavy atom. The SMILES string of the molecule is CC1(C)CC(OCCOCCOC2CC(C)(C)N([O])C(C)(C)C2)CC(C)(C)N1[O]. The summed E-state index contributed by atoms with van der Waals surface area (Å²) in [4.78, 5) is 0. The summed E-state index contributed by atoms with van der Waals surface area (Å²) in [5.74, 6) is 0. The standard InChI is InChI=1S/C22H42N2O5/c1-19(2)13-17(14-20(3,4)23(19)25)28-11-9-27-10-12-29-18-15-21(5,6)24(26)22(7,8)16-18/h17-18H,9-16H2,1-8H3. The maximum absolute atomic E-state index is 12.4. The number of piperidine rings is 2. The molecule has 0 spiro atoms. The van der Waals surface area contributed by atoms with E-state index in [0.717, 1.165) is 25.7 Å². The Labute approximate surface area is 177 Å². The Bertz CT molecular complexity index is 453. The molecule has 0 saturated carbocycles. The molecule has 0 aromatic rings. The number of ether oxygens (including phenoxy) is 3. The van der Waals surface area contributed by atoms with E-state index < -0.39 is 22.2 Å². The smallest absolute Gasteiger partial charge is 0.0704 e. The molecule has 2 rings (SSSR count). The molecule has 2 radical (unpaired) electrons. The van der Waals surface area contributed by atoms with E-state index in [1.165, 1.54) is 10.1 Å². The Morgan fingerprint density at radius 1 is 0.586 bits per heavy atom. The summed E-state index contributed by atoms with van der Waals surface area (Å²) in [7, 11) is 0. The number of hydrogen-bond donors (Lipinski definition) is 0. The zero-order valence-electron chi connectivity index (χ0n) is 19.7. The van der Waals surface area contributed by atoms with E-state index in [0.29, 0.717) is 26.4 Å². The van der Waals surface area contributed by atoms with Crippen molar-refractivity contribution in [2.75, 3.05) is 26.4 Å². The Hall–Kier alpha value is -0.280. The topological polar surface area (TPSA) is 74.0 Å². The van der Waals surface area contributed by atoms with E-state index in [-0.39, 0.29) is 12.2 Å². The molecular weight excluding hydrogens is 372 g/mol. The maximum atomic E-state index is 12.4. The predicted molar refractivity (Wildman–Crippen MR) is 110 cm³/mol. The third kappa shape index (κ3) is 6.35. The van der Waals surface area contributed by atoms with Gasteiger partial charge >= 0.3 is 0 Å². The molecule has 0 N–H and O–H groups in total. The molecule has 0 amide bonds. The molecule has 0 aromatic carbocycles. The average molecular weight is 415 g/mol. The molecule has 0 bridgehead atoms. The predicted octanol–water partition coefficient (Wildman–Crippen LogP) is 3.77. The van der Waals surface area contributed by atoms with Gasteiger partial charge in [0.2, 0.25) is 0 Å². The normalized spacial score (nSPS) is 27.9. The van der Waals surface area contributed by atoms with Crippen molar-refractivity contribution in [3.05, 3.63) is 0 Å². The van der Waals surface area contributed by atoms with Gasteiger partial charge in [-0.2, -0.15) is 0 Å². The largest absolute Gasteiger partial charge is 0.377 e. The summed E-state index contributed by atoms with van der Waals surface area (Å²) in [6.07, 6.45) is 3.07. The molecule has 0 unspecified atom stereocenters. The molecule has 29 heavy (non-hydrogen) atoms. The van der Waals surface area contributed by atoms with Gasteiger partial charge in [0, 0.05) is 22.2 Å². The van der Waals surface area contributed by atoms with Crippen LogP contribution in [0.25, 0.3) is 0 Å². The zero-order chi connectivity index (χ0) is 22.1. The number of rotatable bonds is 8. The molecule has 2 aliphatic heterocycles. The number of hydrogen-bond acceptors (Lipinski definition) is 5. The van der Waals surface area contributed by atoms with Crippen LogP contribution in [0.5, 0.6) is 0 Å². The minimum absolute atomic E-state index is 0.0757. The van der Waals surface area contributed by atoms with Gasteiger partial charge in [-0.1, -0.05) is 0 Å². The first-order valence-electron chi connectivity index (χ1n) is 10.9. The first kappa shape index (κ1) is 25.0. The van der Waals surface area contributed by atoms with Gasteiger partial charge in [-0.05, 0) is 81.1 Å². The molecule has 0 atom stereocenters. The highest BCUT2D eigenvalue weighted by molar-refractivity contribution is 4.97. The van der Waals surface area contributed by atoms with Gasteiger partial charge in [-0.25, -0.2) is 0 Å². The van der Waals surface area contributed by atoms with Crippen molar-refractivity contribution in [2.24, 2.45) is 0 Å². The lowest BCUT2D eigenvalue weighted by molar-refractivity contribution is -0.302. The molecular formula is C22H42N2O5. The molecule has 2 fully saturated rings. The van der Waals surface area contributed by atoms with Gasteiger partial charge < -0.3 is 14.2 Å². The van der Waals surface area contributed by atoms with Crippen LogP contribution in [0.2, 0.25) is 0 Å². The van der Waals surface area contributed by atoms with E-state index in [9.17, 15) is 10.4 Å². The van der Waals surface area contributed by atoms with Crippen molar-refractivity contribution in [3.63, 3.8) is 0 Å². The van der Waals surface area contributed by atoms with Crippen LogP contribution >= 0.6 is 0 Å². The monoisotopic (exact) mass is 414 g/mol. The summed E-state index contributed by atoms with van der Waals surface area (Å²) in [5.41, 5.74) is -1.66. The molecule has 7 heteroatoms. The van der Waals surface area contributed by atoms with Gasteiger partial charge in [0.25, 0.3) is 0 Å². The second kappa shape index (κ2) is 9.07. The summed E-state index contributed by atoms with van der Waals surface area (Å²) >= 11 is 0. The Morgan fingerprint density at radius 3 is 1.14 bits per heavy atom. The first-order valence-corrected chi connectivity index (χ1v) is 10.9. The van der Waals surface area contributed by atoms with Crippen LogP contribution in [0.4, 0.5) is 0 Å². The van der Waals surface area contributed by atoms with Crippen LogP contribution in [-0.2, 0) is 24.6 Å². The van der Waals surface area contributed by atoms with Crippen LogP contribution in [0.1, 0.15) is 81.1 Å². The lowest BCUT2D eigenvalue weighted by atomic mass is 9.80. The highest BCUT2D eigenvalue weighted by Crippen LogP contribution is 2.39. The number of hydroxylamine groups is 4. The molecule has 2 heterocycles. The van der Waals surface area contributed by atoms with Crippen LogP contribution in [-0.4, -0.2) is 70.9 Å². The van der Waals surface area contributed by atoms with E-state index in [4.69, 9.17) is 14.2 Å². The minimum atomic E-state index is -0.414. The lowest BCUT2D eigenvalue weighted by Crippen LogP contribution is -2.60. The summed E-state index contributed by atoms with van der Waals surface area (Å²) in [5, 5.41) is 27.2. The van der Waals surface area contributed by atoms with E-state index in [2.05, 4.69) is 0 Å². The Balaban J connectivity index is 1.62. The summed E-state index contributed by atoms with van der Waals surface area (Å²) in [6, 6.07) is 0. The van der Waals surface area contributed by atoms with Crippen LogP contribution in [0, 0.1) is 0 Å². The molecule has 170 valence electrons. The fourth-order valence-corrected chi connectivity index (χ4v) is 5.23. The van der Waals surface area contributed by atoms with Crippen molar-refractivity contribution in [3.8, 4) is 0 Å². The average Bonchev–Trinajstić information content (AvgIpc) is 2.55. The van der Waals surface area contributed by atoms with E-state index >= 15 is 0 Å². The van der Waals surface area contributed by atoms with Gasteiger partial charge in [0.15, 0.2) is 0 Å². The van der Waals surface area contributed by atoms with Crippen LogP contribution in [0.3, 0.4) is 0 Å². The van der Waals surface area contributed by atoms with Crippen molar-refractivity contribution in [2.45, 2.75) is 115 Å². The molecule has 2 aliphatic rings. The van der Waals surface area contributed by atoms with Crippen molar-refractivity contribution in [1.29, 1.82) is 0 Å². The molecule has 0 aromatic heterocycles. The van der Waals surface area contributed by atoms with Crippen molar-refractivity contribution >= 4 is 0 Å². The minimum Gasteiger partial charge on any atom is -0.377 e. The lowest BCUT2D eigenvalue weighted by Gasteiger charge is -2.49. The van der Waals surface area contributed by atoms with Crippen LogP contribution < -0.4 is 0 Å². The third-order valence-corrected chi connectivity index (χ3v) is 6.27. The summed E-state index contributed by atoms with van der Waals surface area (Å²) in [6.45, 7) is 17.9. The van der Waals surface area contributed by atoms with E-state index in [1.54, 1.807) is 0 Å². The van der Waals surface area contributed by atoms with Gasteiger partial charge in [-0.15, -0.1) is 20.5 Å². The van der Waals surface area contributed by atoms with Gasteiger partial charge in [-0.3, -0.25) is 0 Å². The third-order valence-electron chi connectivity index (χ3n) is 6.27. The molecule has 7 nitrogen and oxygen atoms in total. The summed E-state index contributed by atoms with van der Waals surface area (Å²) < 4.78 is 17.7. The quantitative estimate of drug-likeness (QED) is 0.565. The van der Waals surface area contributed by atoms with E-state index in [1.807, 2.05) is 55.4 Å². The first-order chi connectivity index (χ1) is 13.2. The maximum Gasteiger partial charge on any atom is 0.0704 e. The van der Waals surface area contributed by atoms with Gasteiger partial charge in [0.05, 0.1) is 38.6 Å². The Kier molecular flexibility index (Phi) is 7.81. The fraction of sp³-hybridized carbons (Fsp3) is 1.00. The zero-order valence-corrected chi connectivity index (χ0v) is 19.7. The highest BCUT2D eigenvalue weighted by Gasteiger charge is 2.47. The molecule has 0 aliphatic carbocycles. The molecule has 2 saturated heterocycles. The number of nitrogens with zero attached hydrogens (tertiary/aromatic N) is 2. The fourth-order valence-electron chi connectivity index (χ4n) is 5.23. The van der Waals surface area contributed by atoms with Crippen LogP contribution in [0.15, 0.2) is 0 Å². The highest BCUT2D eigenvalue weighted by atomic mass is 16.6.